The number of ether oxygens (including phenoxy) is 8. The number of benzene rings is 4. The van der Waals surface area contributed by atoms with Gasteiger partial charge in [-0.1, -0.05) is 53.8 Å². The van der Waals surface area contributed by atoms with Crippen molar-refractivity contribution in [2.24, 2.45) is 0 Å². The second kappa shape index (κ2) is 39.2. The third-order valence-corrected chi connectivity index (χ3v) is 17.1. The number of hydrogen-bond donors (Lipinski definition) is 2. The molecule has 2 fully saturated rings. The smallest absolute Gasteiger partial charge is 0.423 e. The van der Waals surface area contributed by atoms with Crippen molar-refractivity contribution in [2.45, 2.75) is 113 Å². The topological polar surface area (TPSA) is 410 Å². The van der Waals surface area contributed by atoms with Crippen LogP contribution in [0.4, 0.5) is 86.2 Å². The summed E-state index contributed by atoms with van der Waals surface area (Å²) >= 11 is 26.4. The lowest BCUT2D eigenvalue weighted by atomic mass is 10.1. The summed E-state index contributed by atoms with van der Waals surface area (Å²) in [6.07, 6.45) is -2.66. The molecule has 620 valence electrons. The van der Waals surface area contributed by atoms with Crippen LogP contribution in [0.1, 0.15) is 111 Å². The highest BCUT2D eigenvalue weighted by atomic mass is 35.5. The summed E-state index contributed by atoms with van der Waals surface area (Å²) in [5, 5.41) is 36.4. The van der Waals surface area contributed by atoms with Crippen molar-refractivity contribution in [1.82, 2.24) is 40.0 Å². The first kappa shape index (κ1) is 93.6. The van der Waals surface area contributed by atoms with E-state index in [1.165, 1.54) is 79.9 Å². The average Bonchev–Trinajstić information content (AvgIpc) is 0.774. The van der Waals surface area contributed by atoms with Crippen LogP contribution in [0, 0.1) is 20.2 Å². The van der Waals surface area contributed by atoms with Crippen LogP contribution in [-0.4, -0.2) is 229 Å². The third-order valence-electron chi connectivity index (χ3n) is 15.7. The zero-order chi connectivity index (χ0) is 84.9. The van der Waals surface area contributed by atoms with Gasteiger partial charge in [0.1, 0.15) is 124 Å². The largest absolute Gasteiger partial charge is 0.495 e. The normalized spacial score (nSPS) is 13.1. The van der Waals surface area contributed by atoms with Crippen LogP contribution >= 0.6 is 46.4 Å². The standard InChI is InChI=1S/C36H44Cl2N8O10.C31H34Cl2N6O11.C5H12N2.CH4/c1-35(2,3)55-33(49)44(22-12-11-21(17-23(22)46(51)52)31(47)43-15-13-41(7)14-16-43)27-19-26(39-20-40-27)42(8)32(48)45(34(50)56-36(4,5)6)30-28(37)24(53-9)18-25(54-10)29(30)38;1-30(2,3)49-28(43)37(17-11-10-16(26(40)41)12-18(17)39(45)46)22-14-21(34-15-35-22)36(7)27(42)38(29(44)50-31(4,5)6)25-23(32)19(47-8)13-20(48-9)24(25)33;1-7-4-2-6-3-5-7;/h11-12,17-20H,13-16H2,1-10H3;10-15H,1-9H3,(H,40,41);6H,2-5H2,1H3;1H4. The Morgan fingerprint density at radius 1 is 0.465 bits per heavy atom. The van der Waals surface area contributed by atoms with Crippen molar-refractivity contribution in [1.29, 1.82) is 0 Å². The Labute approximate surface area is 678 Å². The zero-order valence-corrected chi connectivity index (χ0v) is 68.9. The van der Waals surface area contributed by atoms with Gasteiger partial charge in [-0.2, -0.15) is 9.80 Å². The summed E-state index contributed by atoms with van der Waals surface area (Å²) in [4.78, 5) is 158. The first-order chi connectivity index (χ1) is 52.6. The van der Waals surface area contributed by atoms with Crippen LogP contribution in [0.2, 0.25) is 20.1 Å². The summed E-state index contributed by atoms with van der Waals surface area (Å²) in [5.41, 5.74) is -7.52. The molecule has 0 radical (unpaired) electrons. The number of nitro benzene ring substituents is 2. The number of imide groups is 2. The number of anilines is 8. The fourth-order valence-corrected chi connectivity index (χ4v) is 11.6. The van der Waals surface area contributed by atoms with Gasteiger partial charge in [0.15, 0.2) is 0 Å². The molecule has 4 aromatic carbocycles. The minimum atomic E-state index is -1.45. The number of methoxy groups -OCH3 is 4. The lowest BCUT2D eigenvalue weighted by Gasteiger charge is -2.32. The van der Waals surface area contributed by atoms with E-state index in [2.05, 4.69) is 42.1 Å². The highest BCUT2D eigenvalue weighted by Crippen LogP contribution is 2.49. The van der Waals surface area contributed by atoms with E-state index in [9.17, 15) is 63.7 Å². The number of rotatable bonds is 16. The number of halogens is 4. The fraction of sp³-hybridized carbons (Fsp3) is 0.452. The maximum Gasteiger partial charge on any atom is 0.423 e. The van der Waals surface area contributed by atoms with E-state index < -0.39 is 103 Å². The quantitative estimate of drug-likeness (QED) is 0.0516. The first-order valence-electron chi connectivity index (χ1n) is 34.3. The molecule has 9 amide bonds. The van der Waals surface area contributed by atoms with Crippen molar-refractivity contribution in [3.8, 4) is 23.0 Å². The number of nitro groups is 2. The van der Waals surface area contributed by atoms with E-state index in [-0.39, 0.29) is 96.4 Å². The minimum Gasteiger partial charge on any atom is -0.495 e. The molecule has 114 heavy (non-hydrogen) atoms. The van der Waals surface area contributed by atoms with E-state index in [1.807, 2.05) is 7.05 Å². The van der Waals surface area contributed by atoms with Crippen LogP contribution in [0.5, 0.6) is 23.0 Å². The van der Waals surface area contributed by atoms with Gasteiger partial charge in [0.25, 0.3) is 17.3 Å². The first-order valence-corrected chi connectivity index (χ1v) is 35.8. The van der Waals surface area contributed by atoms with Crippen LogP contribution < -0.4 is 53.7 Å². The number of aromatic carboxylic acids is 1. The van der Waals surface area contributed by atoms with Gasteiger partial charge in [0.2, 0.25) is 0 Å². The maximum atomic E-state index is 14.4. The van der Waals surface area contributed by atoms with Gasteiger partial charge in [0.05, 0.1) is 43.8 Å². The number of piperazine rings is 2. The van der Waals surface area contributed by atoms with E-state index in [0.717, 1.165) is 76.8 Å². The summed E-state index contributed by atoms with van der Waals surface area (Å²) < 4.78 is 43.5. The molecule has 0 atom stereocenters. The Hall–Kier alpha value is -11.0. The van der Waals surface area contributed by atoms with Crippen LogP contribution in [0.3, 0.4) is 0 Å². The number of nitrogens with one attached hydrogen (secondary N) is 1. The predicted molar refractivity (Wildman–Crippen MR) is 429 cm³/mol. The van der Waals surface area contributed by atoms with Gasteiger partial charge in [-0.25, -0.2) is 63.3 Å². The molecule has 0 unspecified atom stereocenters. The summed E-state index contributed by atoms with van der Waals surface area (Å²) in [6.45, 7) is 25.8. The number of amides is 9. The molecule has 0 bridgehead atoms. The Morgan fingerprint density at radius 2 is 0.772 bits per heavy atom. The molecule has 2 aliphatic heterocycles. The van der Waals surface area contributed by atoms with E-state index in [1.54, 1.807) is 88.0 Å². The van der Waals surface area contributed by atoms with Crippen molar-refractivity contribution in [3.05, 3.63) is 125 Å². The molecule has 0 aliphatic carbocycles. The Bertz CT molecular complexity index is 4500. The Balaban J connectivity index is 0.000000373. The van der Waals surface area contributed by atoms with Gasteiger partial charge in [-0.3, -0.25) is 34.8 Å². The molecule has 4 heterocycles. The third kappa shape index (κ3) is 24.1. The number of carboxylic acids is 1. The number of likely N-dealkylation sites (N-methyl/N-ethyl adjacent to an activating group) is 2. The van der Waals surface area contributed by atoms with Gasteiger partial charge >= 0.3 is 42.4 Å². The number of nitrogens with zero attached hydrogens (tertiary/aromatic N) is 15. The maximum absolute atomic E-state index is 14.4. The van der Waals surface area contributed by atoms with Crippen LogP contribution in [-0.2, 0) is 18.9 Å². The SMILES string of the molecule is C.CN1CCNCC1.COc1cc(OC)c(Cl)c(N(C(=O)OC(C)(C)C)C(=O)N(C)c2cc(N(C(=O)OC(C)(C)C)c3ccc(C(=O)N4CCN(C)CC4)cc3[N+](=O)[O-])ncn2)c1Cl.COc1cc(OC)c(Cl)c(N(C(=O)OC(C)(C)C)C(=O)N(C)c2cc(N(C(=O)OC(C)(C)C)c3ccc(C(=O)O)cc3[N+](=O)[O-])ncn2)c1Cl. The van der Waals surface area contributed by atoms with Crippen LogP contribution in [0.15, 0.2) is 73.3 Å². The number of hydrogen-bond acceptors (Lipinski definition) is 27. The van der Waals surface area contributed by atoms with E-state index >= 15 is 0 Å². The molecule has 41 heteroatoms. The monoisotopic (exact) mass is 1670 g/mol. The van der Waals surface area contributed by atoms with E-state index in [4.69, 9.17) is 84.3 Å². The molecule has 2 N–H and O–H groups in total. The molecule has 8 rings (SSSR count). The van der Waals surface area contributed by atoms with Gasteiger partial charge in [-0.05, 0) is 121 Å². The van der Waals surface area contributed by atoms with Crippen molar-refractivity contribution in [3.63, 3.8) is 0 Å². The van der Waals surface area contributed by atoms with Gasteiger partial charge in [0, 0.05) is 108 Å². The number of aromatic nitrogens is 4. The molecule has 37 nitrogen and oxygen atoms in total. The highest BCUT2D eigenvalue weighted by Gasteiger charge is 2.42. The summed E-state index contributed by atoms with van der Waals surface area (Å²) in [7, 11) is 11.8. The van der Waals surface area contributed by atoms with Crippen molar-refractivity contribution >= 4 is 152 Å². The zero-order valence-electron chi connectivity index (χ0n) is 65.9. The Morgan fingerprint density at radius 3 is 1.07 bits per heavy atom. The second-order valence-electron chi connectivity index (χ2n) is 28.8. The highest BCUT2D eigenvalue weighted by molar-refractivity contribution is 6.44. The molecule has 0 saturated carbocycles. The van der Waals surface area contributed by atoms with Crippen molar-refractivity contribution in [2.75, 3.05) is 138 Å². The number of carbonyl (C=O) groups excluding carboxylic acids is 7. The van der Waals surface area contributed by atoms with Crippen LogP contribution in [0.25, 0.3) is 0 Å². The molecule has 0 spiro atoms. The summed E-state index contributed by atoms with van der Waals surface area (Å²) in [5.74, 6) is -2.88. The van der Waals surface area contributed by atoms with Gasteiger partial charge in [-0.15, -0.1) is 0 Å². The molecular formula is C73H94Cl4N16O21. The molecule has 2 saturated heterocycles. The molecule has 6 aromatic rings. The summed E-state index contributed by atoms with van der Waals surface area (Å²) in [6, 6.07) is 9.30. The number of carboxylic acid groups (broad SMARTS) is 1. The van der Waals surface area contributed by atoms with E-state index in [0.29, 0.717) is 40.9 Å². The molecule has 2 aromatic heterocycles. The average molecular weight is 1670 g/mol. The number of urea groups is 2. The van der Waals surface area contributed by atoms with Crippen molar-refractivity contribution < 1.29 is 91.2 Å². The predicted octanol–water partition coefficient (Wildman–Crippen LogP) is 14.8. The molecule has 2 aliphatic rings. The van der Waals surface area contributed by atoms with Gasteiger partial charge < -0.3 is 63.0 Å². The fourth-order valence-electron chi connectivity index (χ4n) is 10.3. The second-order valence-corrected chi connectivity index (χ2v) is 30.3. The lowest BCUT2D eigenvalue weighted by molar-refractivity contribution is -0.384. The molecular weight excluding hydrogens is 1580 g/mol. The number of carbonyl (C=O) groups is 8. The minimum absolute atomic E-state index is 0. The Kier molecular flexibility index (Phi) is 32.2. The lowest BCUT2D eigenvalue weighted by Crippen LogP contribution is -2.48.